The summed E-state index contributed by atoms with van der Waals surface area (Å²) in [5.74, 6) is 3.42. The summed E-state index contributed by atoms with van der Waals surface area (Å²) in [6.45, 7) is 8.19. The smallest absolute Gasteiger partial charge is 0.242 e. The minimum atomic E-state index is -1.50. The maximum Gasteiger partial charge on any atom is 0.242 e. The number of carbonyl (C=O) groups excluding carboxylic acids is 1. The Morgan fingerprint density at radius 3 is 2.64 bits per heavy atom. The molecule has 0 aliphatic rings. The van der Waals surface area contributed by atoms with E-state index in [1.807, 2.05) is 30.3 Å². The molecule has 0 aliphatic carbocycles. The topological polar surface area (TPSA) is 68.0 Å². The van der Waals surface area contributed by atoms with Crippen molar-refractivity contribution in [2.75, 3.05) is 5.32 Å². The van der Waals surface area contributed by atoms with Gasteiger partial charge < -0.3 is 11.1 Å². The van der Waals surface area contributed by atoms with Crippen LogP contribution in [-0.2, 0) is 4.79 Å². The highest BCUT2D eigenvalue weighted by atomic mass is 28.3. The monoisotopic (exact) mass is 311 g/mol. The van der Waals surface area contributed by atoms with Crippen LogP contribution in [-0.4, -0.2) is 25.0 Å². The number of aromatic nitrogens is 1. The van der Waals surface area contributed by atoms with Crippen molar-refractivity contribution in [2.24, 2.45) is 5.73 Å². The molecule has 0 spiro atoms. The van der Waals surface area contributed by atoms with Gasteiger partial charge in [0.2, 0.25) is 5.91 Å². The Morgan fingerprint density at radius 1 is 1.32 bits per heavy atom. The van der Waals surface area contributed by atoms with E-state index in [0.717, 1.165) is 10.8 Å². The molecule has 1 atom stereocenters. The van der Waals surface area contributed by atoms with E-state index in [4.69, 9.17) is 5.73 Å². The molecule has 2 aromatic rings. The maximum atomic E-state index is 11.8. The Hall–Kier alpha value is -2.16. The van der Waals surface area contributed by atoms with Gasteiger partial charge in [-0.2, -0.15) is 0 Å². The summed E-state index contributed by atoms with van der Waals surface area (Å²) in [7, 11) is -1.50. The van der Waals surface area contributed by atoms with E-state index < -0.39 is 14.1 Å². The van der Waals surface area contributed by atoms with Crippen LogP contribution in [0.1, 0.15) is 12.6 Å². The zero-order valence-corrected chi connectivity index (χ0v) is 14.4. The van der Waals surface area contributed by atoms with Crippen LogP contribution in [0.15, 0.2) is 30.3 Å². The molecule has 1 amide bonds. The molecule has 22 heavy (non-hydrogen) atoms. The molecule has 5 heteroatoms. The first-order chi connectivity index (χ1) is 10.3. The van der Waals surface area contributed by atoms with Crippen molar-refractivity contribution < 1.29 is 4.79 Å². The third kappa shape index (κ3) is 4.17. The van der Waals surface area contributed by atoms with E-state index in [-0.39, 0.29) is 5.91 Å². The lowest BCUT2D eigenvalue weighted by Crippen LogP contribution is -2.32. The number of anilines is 1. The first kappa shape index (κ1) is 16.2. The van der Waals surface area contributed by atoms with Crippen molar-refractivity contribution in [1.82, 2.24) is 4.98 Å². The van der Waals surface area contributed by atoms with Crippen LogP contribution >= 0.6 is 0 Å². The fourth-order valence-corrected chi connectivity index (χ4v) is 2.34. The number of carbonyl (C=O) groups is 1. The number of hydrogen-bond acceptors (Lipinski definition) is 3. The zero-order chi connectivity index (χ0) is 16.3. The van der Waals surface area contributed by atoms with Gasteiger partial charge in [0.1, 0.15) is 19.6 Å². The van der Waals surface area contributed by atoms with E-state index in [0.29, 0.717) is 11.5 Å². The Balaban J connectivity index is 2.52. The van der Waals surface area contributed by atoms with Crippen LogP contribution in [0.3, 0.4) is 0 Å². The fraction of sp³-hybridized carbons (Fsp3) is 0.294. The summed E-state index contributed by atoms with van der Waals surface area (Å²) in [5, 5.41) is 4.73. The number of fused-ring (bicyclic) bond motifs is 1. The van der Waals surface area contributed by atoms with Crippen molar-refractivity contribution in [3.63, 3.8) is 0 Å². The second-order valence-electron chi connectivity index (χ2n) is 6.36. The molecule has 0 saturated heterocycles. The molecule has 1 unspecified atom stereocenters. The minimum absolute atomic E-state index is 0.258. The maximum absolute atomic E-state index is 11.8. The summed E-state index contributed by atoms with van der Waals surface area (Å²) in [6, 6.07) is 9.16. The molecular weight excluding hydrogens is 290 g/mol. The highest BCUT2D eigenvalue weighted by Gasteiger charge is 2.12. The standard InChI is InChI=1S/C17H21N3OSi/c1-12(18)17(21)20-16-11-13-7-5-6-8-14(13)15(19-16)9-10-22(2,3)4/h5-8,11-12H,18H2,1-4H3,(H,19,20,21). The lowest BCUT2D eigenvalue weighted by Gasteiger charge is -2.10. The summed E-state index contributed by atoms with van der Waals surface area (Å²) < 4.78 is 0. The average Bonchev–Trinajstić information content (AvgIpc) is 2.43. The first-order valence-electron chi connectivity index (χ1n) is 7.26. The van der Waals surface area contributed by atoms with Gasteiger partial charge in [0.05, 0.1) is 6.04 Å². The molecule has 0 bridgehead atoms. The first-order valence-corrected chi connectivity index (χ1v) is 10.8. The van der Waals surface area contributed by atoms with Gasteiger partial charge in [0.15, 0.2) is 0 Å². The molecule has 114 valence electrons. The number of amides is 1. The Morgan fingerprint density at radius 2 is 2.00 bits per heavy atom. The molecule has 3 N–H and O–H groups in total. The number of nitrogens with two attached hydrogens (primary N) is 1. The van der Waals surface area contributed by atoms with Gasteiger partial charge in [-0.15, -0.1) is 5.54 Å². The van der Waals surface area contributed by atoms with Crippen LogP contribution in [0.4, 0.5) is 5.82 Å². The van der Waals surface area contributed by atoms with Gasteiger partial charge in [-0.25, -0.2) is 4.98 Å². The van der Waals surface area contributed by atoms with Crippen molar-refractivity contribution in [2.45, 2.75) is 32.6 Å². The number of nitrogens with one attached hydrogen (secondary N) is 1. The second-order valence-corrected chi connectivity index (χ2v) is 11.1. The van der Waals surface area contributed by atoms with Gasteiger partial charge in [-0.1, -0.05) is 49.8 Å². The van der Waals surface area contributed by atoms with Crippen molar-refractivity contribution >= 4 is 30.6 Å². The van der Waals surface area contributed by atoms with Crippen LogP contribution < -0.4 is 11.1 Å². The Kier molecular flexibility index (Phi) is 4.64. The highest BCUT2D eigenvalue weighted by molar-refractivity contribution is 6.83. The molecule has 2 rings (SSSR count). The summed E-state index contributed by atoms with van der Waals surface area (Å²) in [4.78, 5) is 16.3. The summed E-state index contributed by atoms with van der Waals surface area (Å²) in [5.41, 5.74) is 9.61. The predicted octanol–water partition coefficient (Wildman–Crippen LogP) is 2.75. The molecule has 1 heterocycles. The van der Waals surface area contributed by atoms with E-state index in [9.17, 15) is 4.79 Å². The number of hydrogen-bond donors (Lipinski definition) is 2. The van der Waals surface area contributed by atoms with Crippen LogP contribution in [0.5, 0.6) is 0 Å². The third-order valence-electron chi connectivity index (χ3n) is 2.96. The van der Waals surface area contributed by atoms with Crippen LogP contribution in [0.25, 0.3) is 10.8 Å². The highest BCUT2D eigenvalue weighted by Crippen LogP contribution is 2.20. The van der Waals surface area contributed by atoms with Gasteiger partial charge in [0.25, 0.3) is 0 Å². The largest absolute Gasteiger partial charge is 0.320 e. The van der Waals surface area contributed by atoms with Crippen LogP contribution in [0, 0.1) is 11.5 Å². The summed E-state index contributed by atoms with van der Waals surface area (Å²) in [6.07, 6.45) is 0. The molecule has 0 aliphatic heterocycles. The van der Waals surface area contributed by atoms with E-state index >= 15 is 0 Å². The molecule has 1 aromatic heterocycles. The third-order valence-corrected chi connectivity index (χ3v) is 3.84. The number of nitrogens with zero attached hydrogens (tertiary/aromatic N) is 1. The van der Waals surface area contributed by atoms with Gasteiger partial charge in [-0.05, 0) is 18.4 Å². The predicted molar refractivity (Wildman–Crippen MR) is 94.2 cm³/mol. The number of benzene rings is 1. The number of pyridine rings is 1. The molecular formula is C17H21N3OSi. The molecule has 0 fully saturated rings. The second kappa shape index (κ2) is 6.30. The lowest BCUT2D eigenvalue weighted by atomic mass is 10.1. The number of rotatable bonds is 2. The van der Waals surface area contributed by atoms with Crippen LogP contribution in [0.2, 0.25) is 19.6 Å². The lowest BCUT2D eigenvalue weighted by molar-refractivity contribution is -0.117. The molecule has 0 radical (unpaired) electrons. The average molecular weight is 311 g/mol. The quantitative estimate of drug-likeness (QED) is 0.662. The normalized spacial score (nSPS) is 12.4. The van der Waals surface area contributed by atoms with E-state index in [1.54, 1.807) is 6.92 Å². The Labute approximate surface area is 132 Å². The van der Waals surface area contributed by atoms with Crippen molar-refractivity contribution in [3.05, 3.63) is 36.0 Å². The Bertz CT molecular complexity index is 767. The zero-order valence-electron chi connectivity index (χ0n) is 13.4. The van der Waals surface area contributed by atoms with E-state index in [2.05, 4.69) is 41.4 Å². The molecule has 1 aromatic carbocycles. The minimum Gasteiger partial charge on any atom is -0.320 e. The fourth-order valence-electron chi connectivity index (χ4n) is 1.84. The van der Waals surface area contributed by atoms with Crippen molar-refractivity contribution in [1.29, 1.82) is 0 Å². The van der Waals surface area contributed by atoms with E-state index in [1.165, 1.54) is 0 Å². The SMILES string of the molecule is CC(N)C(=O)Nc1cc2ccccc2c(C#C[Si](C)(C)C)n1. The summed E-state index contributed by atoms with van der Waals surface area (Å²) >= 11 is 0. The van der Waals surface area contributed by atoms with Gasteiger partial charge in [0, 0.05) is 5.39 Å². The van der Waals surface area contributed by atoms with Crippen molar-refractivity contribution in [3.8, 4) is 11.5 Å². The van der Waals surface area contributed by atoms with Gasteiger partial charge >= 0.3 is 0 Å². The molecule has 4 nitrogen and oxygen atoms in total. The molecule has 0 saturated carbocycles. The van der Waals surface area contributed by atoms with Gasteiger partial charge in [-0.3, -0.25) is 4.79 Å².